The van der Waals surface area contributed by atoms with Gasteiger partial charge in [-0.15, -0.1) is 0 Å². The minimum Gasteiger partial charge on any atom is -0.492 e. The van der Waals surface area contributed by atoms with Crippen LogP contribution in [0.25, 0.3) is 11.2 Å². The van der Waals surface area contributed by atoms with E-state index in [1.54, 1.807) is 15.2 Å². The molecule has 6 heterocycles. The lowest BCUT2D eigenvalue weighted by molar-refractivity contribution is 0.171. The van der Waals surface area contributed by atoms with E-state index >= 15 is 0 Å². The molecule has 0 unspecified atom stereocenters. The van der Waals surface area contributed by atoms with Gasteiger partial charge in [-0.3, -0.25) is 28.3 Å². The molecular weight excluding hydrogens is 560 g/mol. The van der Waals surface area contributed by atoms with Gasteiger partial charge in [0.2, 0.25) is 0 Å². The molecule has 8 N–H and O–H groups in total. The number of piperidine rings is 1. The van der Waals surface area contributed by atoms with Crippen molar-refractivity contribution in [1.29, 1.82) is 0 Å². The summed E-state index contributed by atoms with van der Waals surface area (Å²) in [6.45, 7) is 4.78. The average Bonchev–Trinajstić information content (AvgIpc) is 3.27. The largest absolute Gasteiger partial charge is 0.492 e. The van der Waals surface area contributed by atoms with Gasteiger partial charge in [0.15, 0.2) is 0 Å². The van der Waals surface area contributed by atoms with Crippen molar-refractivity contribution in [2.75, 3.05) is 32.5 Å². The summed E-state index contributed by atoms with van der Waals surface area (Å²) in [5.74, 6) is 0.931. The molecule has 0 aliphatic carbocycles. The number of fused-ring (bicyclic) bond motifs is 1. The van der Waals surface area contributed by atoms with Crippen molar-refractivity contribution in [2.45, 2.75) is 50.9 Å². The first-order valence-electron chi connectivity index (χ1n) is 12.8. The van der Waals surface area contributed by atoms with Crippen LogP contribution in [0.15, 0.2) is 40.2 Å². The van der Waals surface area contributed by atoms with Crippen LogP contribution in [-0.2, 0) is 29.6 Å². The van der Waals surface area contributed by atoms with Crippen LogP contribution in [0.1, 0.15) is 36.6 Å². The Labute approximate surface area is 236 Å². The Morgan fingerprint density at radius 3 is 2.49 bits per heavy atom. The van der Waals surface area contributed by atoms with Crippen LogP contribution in [0.5, 0.6) is 5.75 Å². The number of nitrogens with zero attached hydrogens (tertiary/aromatic N) is 5. The van der Waals surface area contributed by atoms with E-state index in [1.807, 2.05) is 6.20 Å². The number of ether oxygens (including phenoxy) is 1. The number of hydrogen-bond acceptors (Lipinski definition) is 9. The first kappa shape index (κ1) is 34.0. The summed E-state index contributed by atoms with van der Waals surface area (Å²) in [5.41, 5.74) is 3.47. The maximum absolute atomic E-state index is 12.6. The van der Waals surface area contributed by atoms with E-state index in [2.05, 4.69) is 26.3 Å². The van der Waals surface area contributed by atoms with Gasteiger partial charge < -0.3 is 31.4 Å². The van der Waals surface area contributed by atoms with Gasteiger partial charge in [-0.1, -0.05) is 0 Å². The number of pyridine rings is 2. The number of aryl methyl sites for hydroxylation is 1. The molecule has 0 amide bonds. The first-order chi connectivity index (χ1) is 18.2. The van der Waals surface area contributed by atoms with Gasteiger partial charge in [0.05, 0.1) is 37.0 Å². The maximum atomic E-state index is 12.6. The van der Waals surface area contributed by atoms with Gasteiger partial charge >= 0.3 is 0 Å². The molecule has 0 radical (unpaired) electrons. The van der Waals surface area contributed by atoms with Crippen LogP contribution in [0.2, 0.25) is 0 Å². The molecule has 1 saturated heterocycles. The van der Waals surface area contributed by atoms with Gasteiger partial charge in [-0.25, -0.2) is 4.98 Å². The summed E-state index contributed by atoms with van der Waals surface area (Å²) >= 11 is 0. The Morgan fingerprint density at radius 2 is 1.78 bits per heavy atom. The Balaban J connectivity index is 0.000000681. The molecule has 3 aromatic heterocycles. The molecule has 3 aliphatic heterocycles. The molecule has 1 atom stereocenters. The van der Waals surface area contributed by atoms with Crippen molar-refractivity contribution in [3.8, 4) is 5.75 Å². The zero-order valence-corrected chi connectivity index (χ0v) is 23.6. The van der Waals surface area contributed by atoms with E-state index in [1.165, 1.54) is 17.8 Å². The van der Waals surface area contributed by atoms with E-state index in [0.717, 1.165) is 69.9 Å². The quantitative estimate of drug-likeness (QED) is 0.309. The van der Waals surface area contributed by atoms with Gasteiger partial charge in [0, 0.05) is 31.7 Å². The smallest absolute Gasteiger partial charge is 0.270 e. The third-order valence-corrected chi connectivity index (χ3v) is 7.15. The van der Waals surface area contributed by atoms with Crippen LogP contribution in [0, 0.1) is 0 Å². The maximum Gasteiger partial charge on any atom is 0.270 e. The van der Waals surface area contributed by atoms with Crippen molar-refractivity contribution in [1.82, 2.24) is 29.3 Å². The molecule has 6 rings (SSSR count). The number of nitrogens with one attached hydrogen (secondary N) is 1. The van der Waals surface area contributed by atoms with Gasteiger partial charge in [-0.2, -0.15) is 8.42 Å². The Kier molecular flexibility index (Phi) is 11.7. The minimum absolute atomic E-state index is 0. The van der Waals surface area contributed by atoms with Crippen LogP contribution >= 0.6 is 0 Å². The predicted molar refractivity (Wildman–Crippen MR) is 152 cm³/mol. The molecule has 0 bridgehead atoms. The third kappa shape index (κ3) is 8.16. The van der Waals surface area contributed by atoms with Gasteiger partial charge in [0.1, 0.15) is 16.9 Å². The molecule has 0 saturated carbocycles. The molecule has 0 spiro atoms. The molecule has 15 nitrogen and oxygen atoms in total. The molecule has 41 heavy (non-hydrogen) atoms. The molecular formula is C25H38N6O9S. The Bertz CT molecular complexity index is 1540. The van der Waals surface area contributed by atoms with Crippen LogP contribution in [0.3, 0.4) is 0 Å². The molecule has 3 aliphatic rings. The monoisotopic (exact) mass is 598 g/mol. The van der Waals surface area contributed by atoms with E-state index in [4.69, 9.17) is 9.29 Å². The van der Waals surface area contributed by atoms with Gasteiger partial charge in [0.25, 0.3) is 21.2 Å². The summed E-state index contributed by atoms with van der Waals surface area (Å²) in [6, 6.07) is 5.82. The first-order valence-corrected chi connectivity index (χ1v) is 14.6. The lowest BCUT2D eigenvalue weighted by atomic mass is 10.0. The van der Waals surface area contributed by atoms with Crippen molar-refractivity contribution in [3.05, 3.63) is 62.6 Å². The van der Waals surface area contributed by atoms with Crippen molar-refractivity contribution >= 4 is 21.3 Å². The van der Waals surface area contributed by atoms with Crippen molar-refractivity contribution in [3.63, 3.8) is 0 Å². The van der Waals surface area contributed by atoms with E-state index in [0.29, 0.717) is 30.0 Å². The predicted octanol–water partition coefficient (Wildman–Crippen LogP) is -1.88. The average molecular weight is 599 g/mol. The summed E-state index contributed by atoms with van der Waals surface area (Å²) in [5, 5.41) is 3.67. The van der Waals surface area contributed by atoms with Crippen molar-refractivity contribution in [2.24, 2.45) is 0 Å². The second-order valence-corrected chi connectivity index (χ2v) is 11.5. The number of likely N-dealkylation sites (tertiary alicyclic amines) is 1. The SMILES string of the molecule is CS(=O)(=O)O.O.O.O.O=c1ccc2ncc(=O)n3c2n1C[C@H]3CN1CCC(NCc2cc3c(cn2)OCCC3)CC1. The van der Waals surface area contributed by atoms with Crippen LogP contribution < -0.4 is 21.2 Å². The summed E-state index contributed by atoms with van der Waals surface area (Å²) in [4.78, 5) is 36.1. The Hall–Kier alpha value is -3.25. The zero-order valence-electron chi connectivity index (χ0n) is 22.7. The number of rotatable bonds is 5. The molecule has 1 fully saturated rings. The number of hydrogen-bond donors (Lipinski definition) is 2. The van der Waals surface area contributed by atoms with E-state index < -0.39 is 10.1 Å². The fourth-order valence-corrected chi connectivity index (χ4v) is 5.43. The second kappa shape index (κ2) is 14.1. The zero-order chi connectivity index (χ0) is 26.9. The normalized spacial score (nSPS) is 18.0. The van der Waals surface area contributed by atoms with E-state index in [9.17, 15) is 18.0 Å². The van der Waals surface area contributed by atoms with Gasteiger partial charge in [-0.05, 0) is 56.5 Å². The topological polar surface area (TPSA) is 243 Å². The van der Waals surface area contributed by atoms with Crippen LogP contribution in [0.4, 0.5) is 0 Å². The van der Waals surface area contributed by atoms with Crippen molar-refractivity contribution < 1.29 is 34.1 Å². The summed E-state index contributed by atoms with van der Waals surface area (Å²) in [7, 11) is -3.67. The Morgan fingerprint density at radius 1 is 1.07 bits per heavy atom. The molecule has 0 aromatic carbocycles. The highest BCUT2D eigenvalue weighted by Crippen LogP contribution is 2.25. The highest BCUT2D eigenvalue weighted by Gasteiger charge is 2.29. The second-order valence-electron chi connectivity index (χ2n) is 10.0. The lowest BCUT2D eigenvalue weighted by Crippen LogP contribution is -2.44. The highest BCUT2D eigenvalue weighted by molar-refractivity contribution is 7.85. The van der Waals surface area contributed by atoms with E-state index in [-0.39, 0.29) is 33.6 Å². The molecule has 228 valence electrons. The van der Waals surface area contributed by atoms with Crippen LogP contribution in [-0.4, -0.2) is 91.9 Å². The fourth-order valence-electron chi connectivity index (χ4n) is 5.43. The minimum atomic E-state index is -3.67. The summed E-state index contributed by atoms with van der Waals surface area (Å²) < 4.78 is 35.0. The highest BCUT2D eigenvalue weighted by atomic mass is 32.2. The molecule has 16 heteroatoms. The summed E-state index contributed by atoms with van der Waals surface area (Å²) in [6.07, 6.45) is 8.17. The molecule has 3 aromatic rings. The number of aromatic nitrogens is 4. The standard InChI is InChI=1S/C24H28N6O3.CH4O3S.3H2O/c31-22-4-3-20-24-29(22)15-19(30(24)23(32)13-27-20)14-28-7-5-17(6-8-28)25-11-18-10-16-2-1-9-33-21(16)12-26-18;1-5(2,3)4;;;/h3-4,10,12-13,17,19,25H,1-2,5-9,11,14-15H2;1H3,(H,2,3,4);3*1H2/t19-;;;;/m1..../s1. The fraction of sp³-hybridized carbons (Fsp3) is 0.520. The third-order valence-electron chi connectivity index (χ3n) is 7.15. The lowest BCUT2D eigenvalue weighted by Gasteiger charge is -2.34.